The van der Waals surface area contributed by atoms with Gasteiger partial charge in [0.1, 0.15) is 5.75 Å². The van der Waals surface area contributed by atoms with Crippen LogP contribution < -0.4 is 5.32 Å². The summed E-state index contributed by atoms with van der Waals surface area (Å²) in [4.78, 5) is 24.1. The van der Waals surface area contributed by atoms with E-state index in [1.807, 2.05) is 0 Å². The smallest absolute Gasteiger partial charge is 0.337 e. The summed E-state index contributed by atoms with van der Waals surface area (Å²) in [5.74, 6) is -1.59. The molecular formula is C23H19BrN2O6S. The number of phenols is 1. The standard InChI is InChI=1S/C23H19BrN2O6S/c24-16-6-9-20(19(12-16)23(29)30)25-22(28)14-4-7-17(8-5-14)33(31,32)26-11-10-18-15(13-26)2-1-3-21(18)27/h1-9,12,27H,10-11,13H2,(H,25,28)(H,29,30). The van der Waals surface area contributed by atoms with Crippen LogP contribution in [0.4, 0.5) is 5.69 Å². The number of carboxylic acid groups (broad SMARTS) is 1. The van der Waals surface area contributed by atoms with Gasteiger partial charge in [-0.15, -0.1) is 0 Å². The van der Waals surface area contributed by atoms with Gasteiger partial charge >= 0.3 is 5.97 Å². The van der Waals surface area contributed by atoms with Gasteiger partial charge in [-0.1, -0.05) is 28.1 Å². The normalized spacial score (nSPS) is 13.8. The number of carboxylic acids is 1. The number of anilines is 1. The Hall–Kier alpha value is -3.21. The third-order valence-electron chi connectivity index (χ3n) is 5.42. The largest absolute Gasteiger partial charge is 0.508 e. The molecule has 170 valence electrons. The van der Waals surface area contributed by atoms with Gasteiger partial charge in [-0.25, -0.2) is 13.2 Å². The molecule has 0 unspecified atom stereocenters. The first-order valence-corrected chi connectivity index (χ1v) is 12.1. The molecule has 1 aliphatic rings. The fraction of sp³-hybridized carbons (Fsp3) is 0.130. The minimum absolute atomic E-state index is 0.0394. The molecule has 3 N–H and O–H groups in total. The predicted molar refractivity (Wildman–Crippen MR) is 125 cm³/mol. The van der Waals surface area contributed by atoms with Crippen LogP contribution in [0, 0.1) is 0 Å². The van der Waals surface area contributed by atoms with Crippen LogP contribution >= 0.6 is 15.9 Å². The van der Waals surface area contributed by atoms with Gasteiger partial charge in [0.25, 0.3) is 5.91 Å². The van der Waals surface area contributed by atoms with Gasteiger partial charge in [0, 0.05) is 23.1 Å². The number of sulfonamides is 1. The molecule has 1 heterocycles. The number of amides is 1. The van der Waals surface area contributed by atoms with Crippen molar-refractivity contribution in [2.24, 2.45) is 0 Å². The highest BCUT2D eigenvalue weighted by atomic mass is 79.9. The first kappa shape index (κ1) is 23.0. The number of aromatic hydroxyl groups is 1. The molecule has 0 fully saturated rings. The van der Waals surface area contributed by atoms with E-state index in [4.69, 9.17) is 0 Å². The minimum Gasteiger partial charge on any atom is -0.508 e. The van der Waals surface area contributed by atoms with Crippen LogP contribution in [-0.2, 0) is 23.0 Å². The van der Waals surface area contributed by atoms with E-state index in [2.05, 4.69) is 21.2 Å². The average molecular weight is 531 g/mol. The summed E-state index contributed by atoms with van der Waals surface area (Å²) in [6, 6.07) is 15.0. The lowest BCUT2D eigenvalue weighted by Gasteiger charge is -2.28. The molecule has 8 nitrogen and oxygen atoms in total. The molecular weight excluding hydrogens is 512 g/mol. The Balaban J connectivity index is 1.52. The second-order valence-corrected chi connectivity index (χ2v) is 10.3. The van der Waals surface area contributed by atoms with E-state index in [1.54, 1.807) is 24.3 Å². The fourth-order valence-corrected chi connectivity index (χ4v) is 5.47. The number of benzene rings is 3. The third kappa shape index (κ3) is 4.63. The van der Waals surface area contributed by atoms with E-state index >= 15 is 0 Å². The number of carbonyl (C=O) groups is 2. The third-order valence-corrected chi connectivity index (χ3v) is 7.77. The van der Waals surface area contributed by atoms with E-state index in [0.29, 0.717) is 10.9 Å². The van der Waals surface area contributed by atoms with E-state index < -0.39 is 21.9 Å². The Kier molecular flexibility index (Phi) is 6.24. The van der Waals surface area contributed by atoms with E-state index in [9.17, 15) is 28.2 Å². The Morgan fingerprint density at radius 1 is 1.03 bits per heavy atom. The number of rotatable bonds is 5. The predicted octanol–water partition coefficient (Wildman–Crippen LogP) is 3.85. The Morgan fingerprint density at radius 3 is 2.45 bits per heavy atom. The zero-order valence-electron chi connectivity index (χ0n) is 17.2. The summed E-state index contributed by atoms with van der Waals surface area (Å²) in [7, 11) is -3.80. The molecule has 1 amide bonds. The maximum absolute atomic E-state index is 13.1. The summed E-state index contributed by atoms with van der Waals surface area (Å²) in [6.07, 6.45) is 0.404. The van der Waals surface area contributed by atoms with Crippen LogP contribution in [-0.4, -0.2) is 41.4 Å². The summed E-state index contributed by atoms with van der Waals surface area (Å²) < 4.78 is 28.1. The molecule has 0 aliphatic carbocycles. The monoisotopic (exact) mass is 530 g/mol. The molecule has 0 radical (unpaired) electrons. The van der Waals surface area contributed by atoms with Gasteiger partial charge in [0.15, 0.2) is 0 Å². The van der Waals surface area contributed by atoms with Gasteiger partial charge in [0.05, 0.1) is 16.1 Å². The number of nitrogens with zero attached hydrogens (tertiary/aromatic N) is 1. The zero-order valence-corrected chi connectivity index (χ0v) is 19.6. The Bertz CT molecular complexity index is 1360. The number of carbonyl (C=O) groups excluding carboxylic acids is 1. The van der Waals surface area contributed by atoms with Crippen molar-refractivity contribution in [2.75, 3.05) is 11.9 Å². The van der Waals surface area contributed by atoms with E-state index in [0.717, 1.165) is 11.1 Å². The van der Waals surface area contributed by atoms with Crippen LogP contribution in [0.5, 0.6) is 5.75 Å². The second kappa shape index (κ2) is 8.97. The number of halogens is 1. The lowest BCUT2D eigenvalue weighted by Crippen LogP contribution is -2.36. The first-order valence-electron chi connectivity index (χ1n) is 9.91. The molecule has 0 aromatic heterocycles. The van der Waals surface area contributed by atoms with Gasteiger partial charge in [-0.3, -0.25) is 4.79 Å². The molecule has 3 aromatic rings. The Morgan fingerprint density at radius 2 is 1.76 bits per heavy atom. The van der Waals surface area contributed by atoms with Gasteiger partial charge in [-0.05, 0) is 66.1 Å². The number of phenolic OH excluding ortho intramolecular Hbond substituents is 1. The summed E-state index contributed by atoms with van der Waals surface area (Å²) in [5, 5.41) is 21.9. The van der Waals surface area contributed by atoms with Crippen LogP contribution in [0.15, 0.2) is 70.0 Å². The van der Waals surface area contributed by atoms with Crippen LogP contribution in [0.2, 0.25) is 0 Å². The highest BCUT2D eigenvalue weighted by molar-refractivity contribution is 9.10. The van der Waals surface area contributed by atoms with Crippen molar-refractivity contribution >= 4 is 43.5 Å². The minimum atomic E-state index is -3.80. The molecule has 10 heteroatoms. The quantitative estimate of drug-likeness (QED) is 0.460. The Labute approximate surface area is 198 Å². The number of fused-ring (bicyclic) bond motifs is 1. The van der Waals surface area contributed by atoms with Crippen molar-refractivity contribution in [3.63, 3.8) is 0 Å². The molecule has 0 atom stereocenters. The van der Waals surface area contributed by atoms with Gasteiger partial charge in [-0.2, -0.15) is 4.31 Å². The van der Waals surface area contributed by atoms with Gasteiger partial charge < -0.3 is 15.5 Å². The van der Waals surface area contributed by atoms with Crippen molar-refractivity contribution < 1.29 is 28.2 Å². The maximum Gasteiger partial charge on any atom is 0.337 e. The number of nitrogens with one attached hydrogen (secondary N) is 1. The van der Waals surface area contributed by atoms with Crippen molar-refractivity contribution in [3.8, 4) is 5.75 Å². The molecule has 4 rings (SSSR count). The van der Waals surface area contributed by atoms with Crippen LogP contribution in [0.3, 0.4) is 0 Å². The van der Waals surface area contributed by atoms with E-state index in [1.165, 1.54) is 40.7 Å². The lowest BCUT2D eigenvalue weighted by molar-refractivity contribution is 0.0698. The summed E-state index contributed by atoms with van der Waals surface area (Å²) >= 11 is 3.20. The van der Waals surface area contributed by atoms with Gasteiger partial charge in [0.2, 0.25) is 10.0 Å². The SMILES string of the molecule is O=C(Nc1ccc(Br)cc1C(=O)O)c1ccc(S(=O)(=O)N2CCc3c(O)cccc3C2)cc1. The van der Waals surface area contributed by atoms with Crippen molar-refractivity contribution in [3.05, 3.63) is 87.4 Å². The molecule has 0 saturated heterocycles. The molecule has 0 saturated carbocycles. The maximum atomic E-state index is 13.1. The average Bonchev–Trinajstić information content (AvgIpc) is 2.80. The van der Waals surface area contributed by atoms with Crippen molar-refractivity contribution in [1.29, 1.82) is 0 Å². The number of hydrogen-bond donors (Lipinski definition) is 3. The topological polar surface area (TPSA) is 124 Å². The van der Waals surface area contributed by atoms with Crippen molar-refractivity contribution in [1.82, 2.24) is 4.31 Å². The molecule has 0 bridgehead atoms. The van der Waals surface area contributed by atoms with Crippen molar-refractivity contribution in [2.45, 2.75) is 17.9 Å². The highest BCUT2D eigenvalue weighted by Crippen LogP contribution is 2.30. The summed E-state index contributed by atoms with van der Waals surface area (Å²) in [6.45, 7) is 0.381. The van der Waals surface area contributed by atoms with Crippen LogP contribution in [0.1, 0.15) is 31.8 Å². The molecule has 33 heavy (non-hydrogen) atoms. The highest BCUT2D eigenvalue weighted by Gasteiger charge is 2.29. The molecule has 0 spiro atoms. The number of aromatic carboxylic acids is 1. The zero-order chi connectivity index (χ0) is 23.8. The van der Waals surface area contributed by atoms with Crippen LogP contribution in [0.25, 0.3) is 0 Å². The molecule has 1 aliphatic heterocycles. The fourth-order valence-electron chi connectivity index (χ4n) is 3.69. The summed E-state index contributed by atoms with van der Waals surface area (Å²) in [5.41, 5.74) is 1.74. The van der Waals surface area contributed by atoms with E-state index in [-0.39, 0.29) is 40.5 Å². The molecule has 3 aromatic carbocycles. The first-order chi connectivity index (χ1) is 15.7. The number of hydrogen-bond acceptors (Lipinski definition) is 5. The second-order valence-electron chi connectivity index (χ2n) is 7.48. The lowest BCUT2D eigenvalue weighted by atomic mass is 10.0.